The number of nitrogens with one attached hydrogen (secondary N) is 2. The van der Waals surface area contributed by atoms with Crippen LogP contribution >= 0.6 is 0 Å². The Balaban J connectivity index is 1.79. The lowest BCUT2D eigenvalue weighted by Gasteiger charge is -2.27. The van der Waals surface area contributed by atoms with Crippen LogP contribution in [0.4, 0.5) is 11.6 Å². The Bertz CT molecular complexity index is 603. The molecule has 0 unspecified atom stereocenters. The Morgan fingerprint density at radius 1 is 1.29 bits per heavy atom. The van der Waals surface area contributed by atoms with Gasteiger partial charge in [0, 0.05) is 18.9 Å². The number of nitrogens with two attached hydrogens (primary N) is 1. The van der Waals surface area contributed by atoms with Gasteiger partial charge in [0.1, 0.15) is 0 Å². The standard InChI is InChI=1S/C14H22N6O/c15-19-11-9-20-8-7-16-13(20)12(18-11)17-10-14(21)5-3-1-2-4-6-14/h7-9,19,21H,1-6,10,15H2,(H,17,18). The number of aromatic nitrogens is 3. The Hall–Kier alpha value is -1.86. The maximum absolute atomic E-state index is 10.7. The van der Waals surface area contributed by atoms with Crippen LogP contribution in [0.5, 0.6) is 0 Å². The highest BCUT2D eigenvalue weighted by molar-refractivity contribution is 5.65. The summed E-state index contributed by atoms with van der Waals surface area (Å²) in [5.74, 6) is 6.62. The molecule has 0 spiro atoms. The van der Waals surface area contributed by atoms with E-state index in [2.05, 4.69) is 20.7 Å². The molecule has 2 heterocycles. The van der Waals surface area contributed by atoms with Gasteiger partial charge in [0.15, 0.2) is 17.3 Å². The van der Waals surface area contributed by atoms with Gasteiger partial charge in [-0.05, 0) is 12.8 Å². The van der Waals surface area contributed by atoms with Crippen molar-refractivity contribution in [3.05, 3.63) is 18.6 Å². The average molecular weight is 290 g/mol. The number of hydrazine groups is 1. The Labute approximate surface area is 123 Å². The highest BCUT2D eigenvalue weighted by atomic mass is 16.3. The molecule has 0 radical (unpaired) electrons. The van der Waals surface area contributed by atoms with Crippen LogP contribution < -0.4 is 16.6 Å². The lowest BCUT2D eigenvalue weighted by molar-refractivity contribution is 0.0381. The molecule has 1 fully saturated rings. The van der Waals surface area contributed by atoms with E-state index >= 15 is 0 Å². The molecular formula is C14H22N6O. The molecule has 21 heavy (non-hydrogen) atoms. The quantitative estimate of drug-likeness (QED) is 0.387. The topological polar surface area (TPSA) is 100 Å². The second-order valence-corrected chi connectivity index (χ2v) is 5.77. The van der Waals surface area contributed by atoms with Crippen molar-refractivity contribution in [2.45, 2.75) is 44.1 Å². The maximum atomic E-state index is 10.7. The van der Waals surface area contributed by atoms with E-state index in [4.69, 9.17) is 5.84 Å². The van der Waals surface area contributed by atoms with Crippen LogP contribution in [0.3, 0.4) is 0 Å². The summed E-state index contributed by atoms with van der Waals surface area (Å²) in [6, 6.07) is 0. The van der Waals surface area contributed by atoms with Crippen molar-refractivity contribution < 1.29 is 5.11 Å². The van der Waals surface area contributed by atoms with E-state index in [0.29, 0.717) is 18.2 Å². The first-order valence-corrected chi connectivity index (χ1v) is 7.47. The lowest BCUT2D eigenvalue weighted by Crippen LogP contribution is -2.36. The smallest absolute Gasteiger partial charge is 0.180 e. The lowest BCUT2D eigenvalue weighted by atomic mass is 9.94. The van der Waals surface area contributed by atoms with Crippen LogP contribution in [0.2, 0.25) is 0 Å². The highest BCUT2D eigenvalue weighted by Crippen LogP contribution is 2.27. The number of nitrogens with zero attached hydrogens (tertiary/aromatic N) is 3. The molecule has 0 amide bonds. The summed E-state index contributed by atoms with van der Waals surface area (Å²) in [4.78, 5) is 8.68. The third-order valence-corrected chi connectivity index (χ3v) is 4.14. The van der Waals surface area contributed by atoms with Crippen molar-refractivity contribution in [3.8, 4) is 0 Å². The van der Waals surface area contributed by atoms with Crippen molar-refractivity contribution in [1.82, 2.24) is 14.4 Å². The van der Waals surface area contributed by atoms with E-state index in [1.165, 1.54) is 12.8 Å². The summed E-state index contributed by atoms with van der Waals surface area (Å²) in [5, 5.41) is 14.0. The molecule has 2 aromatic rings. The molecule has 1 aliphatic rings. The third-order valence-electron chi connectivity index (χ3n) is 4.14. The number of nitrogen functional groups attached to an aromatic ring is 1. The van der Waals surface area contributed by atoms with Gasteiger partial charge >= 0.3 is 0 Å². The second kappa shape index (κ2) is 5.87. The van der Waals surface area contributed by atoms with Gasteiger partial charge in [-0.15, -0.1) is 0 Å². The summed E-state index contributed by atoms with van der Waals surface area (Å²) in [6.07, 6.45) is 11.6. The first-order chi connectivity index (χ1) is 10.2. The summed E-state index contributed by atoms with van der Waals surface area (Å²) in [6.45, 7) is 0.483. The molecule has 5 N–H and O–H groups in total. The molecule has 1 aliphatic carbocycles. The molecule has 0 saturated heterocycles. The predicted octanol–water partition coefficient (Wildman–Crippen LogP) is 1.51. The predicted molar refractivity (Wildman–Crippen MR) is 81.9 cm³/mol. The highest BCUT2D eigenvalue weighted by Gasteiger charge is 2.28. The third kappa shape index (κ3) is 3.08. The van der Waals surface area contributed by atoms with Gasteiger partial charge in [-0.2, -0.15) is 0 Å². The fourth-order valence-electron chi connectivity index (χ4n) is 2.93. The van der Waals surface area contributed by atoms with Gasteiger partial charge in [-0.3, -0.25) is 0 Å². The minimum absolute atomic E-state index is 0.483. The fraction of sp³-hybridized carbons (Fsp3) is 0.571. The number of hydrogen-bond acceptors (Lipinski definition) is 6. The minimum Gasteiger partial charge on any atom is -0.388 e. The molecule has 7 heteroatoms. The SMILES string of the molecule is NNc1cn2ccnc2c(NCC2(O)CCCCCC2)n1. The molecule has 0 bridgehead atoms. The molecule has 7 nitrogen and oxygen atoms in total. The maximum Gasteiger partial charge on any atom is 0.180 e. The molecule has 114 valence electrons. The van der Waals surface area contributed by atoms with Crippen LogP contribution in [-0.4, -0.2) is 31.6 Å². The van der Waals surface area contributed by atoms with E-state index in [9.17, 15) is 5.11 Å². The van der Waals surface area contributed by atoms with E-state index in [-0.39, 0.29) is 0 Å². The Morgan fingerprint density at radius 3 is 2.76 bits per heavy atom. The zero-order valence-corrected chi connectivity index (χ0v) is 12.0. The van der Waals surface area contributed by atoms with Crippen molar-refractivity contribution in [1.29, 1.82) is 0 Å². The van der Waals surface area contributed by atoms with Gasteiger partial charge in [0.25, 0.3) is 0 Å². The fourth-order valence-corrected chi connectivity index (χ4v) is 2.93. The minimum atomic E-state index is -0.659. The Morgan fingerprint density at radius 2 is 2.05 bits per heavy atom. The number of fused-ring (bicyclic) bond motifs is 1. The van der Waals surface area contributed by atoms with Gasteiger partial charge < -0.3 is 20.2 Å². The van der Waals surface area contributed by atoms with Crippen molar-refractivity contribution >= 4 is 17.3 Å². The summed E-state index contributed by atoms with van der Waals surface area (Å²) >= 11 is 0. The summed E-state index contributed by atoms with van der Waals surface area (Å²) in [5.41, 5.74) is 2.61. The van der Waals surface area contributed by atoms with Crippen LogP contribution in [0.15, 0.2) is 18.6 Å². The zero-order chi connectivity index (χ0) is 14.7. The molecule has 0 atom stereocenters. The van der Waals surface area contributed by atoms with E-state index in [0.717, 1.165) is 31.3 Å². The van der Waals surface area contributed by atoms with Crippen LogP contribution in [0.25, 0.3) is 5.65 Å². The summed E-state index contributed by atoms with van der Waals surface area (Å²) in [7, 11) is 0. The molecule has 0 aliphatic heterocycles. The largest absolute Gasteiger partial charge is 0.388 e. The number of imidazole rings is 1. The number of anilines is 2. The van der Waals surface area contributed by atoms with Gasteiger partial charge in [0.05, 0.1) is 11.8 Å². The van der Waals surface area contributed by atoms with Crippen molar-refractivity contribution in [2.75, 3.05) is 17.3 Å². The molecule has 0 aromatic carbocycles. The molecule has 2 aromatic heterocycles. The van der Waals surface area contributed by atoms with E-state index in [1.54, 1.807) is 12.4 Å². The van der Waals surface area contributed by atoms with Crippen molar-refractivity contribution in [2.24, 2.45) is 5.84 Å². The number of aliphatic hydroxyl groups is 1. The summed E-state index contributed by atoms with van der Waals surface area (Å²) < 4.78 is 1.85. The molecule has 3 rings (SSSR count). The monoisotopic (exact) mass is 290 g/mol. The van der Waals surface area contributed by atoms with Gasteiger partial charge in [-0.25, -0.2) is 15.8 Å². The molecular weight excluding hydrogens is 268 g/mol. The Kier molecular flexibility index (Phi) is 3.94. The first-order valence-electron chi connectivity index (χ1n) is 7.47. The normalized spacial score (nSPS) is 18.4. The zero-order valence-electron chi connectivity index (χ0n) is 12.0. The van der Waals surface area contributed by atoms with Gasteiger partial charge in [0.2, 0.25) is 0 Å². The van der Waals surface area contributed by atoms with Crippen molar-refractivity contribution in [3.63, 3.8) is 0 Å². The van der Waals surface area contributed by atoms with Crippen LogP contribution in [0.1, 0.15) is 38.5 Å². The average Bonchev–Trinajstić information content (AvgIpc) is 2.86. The number of hydrogen-bond donors (Lipinski definition) is 4. The van der Waals surface area contributed by atoms with Crippen LogP contribution in [0, 0.1) is 0 Å². The van der Waals surface area contributed by atoms with Crippen LogP contribution in [-0.2, 0) is 0 Å². The number of rotatable bonds is 4. The molecule has 1 saturated carbocycles. The first kappa shape index (κ1) is 14.1. The van der Waals surface area contributed by atoms with Gasteiger partial charge in [-0.1, -0.05) is 25.7 Å². The second-order valence-electron chi connectivity index (χ2n) is 5.77. The van der Waals surface area contributed by atoms with E-state index in [1.807, 2.05) is 10.6 Å². The van der Waals surface area contributed by atoms with E-state index < -0.39 is 5.60 Å².